The van der Waals surface area contributed by atoms with Crippen molar-refractivity contribution in [3.63, 3.8) is 0 Å². The molecule has 0 fully saturated rings. The fourth-order valence-corrected chi connectivity index (χ4v) is 6.90. The molecule has 0 unspecified atom stereocenters. The minimum absolute atomic E-state index is 0. The predicted octanol–water partition coefficient (Wildman–Crippen LogP) is 14.3. The standard InChI is InChI=1S/C23H12N.C19H24N.C11H20O2.Ir/c1-2-7-15-14(6-1)16-8-3-10-18-19-12-5-13-24-23(19)20-11-4-9-17(15)22(20)21(16)18;1-18(2,3)15-9-7-8-14(12-15)17-13-16(10-11-20-17)19(4,5)6;1-10(2,3)8(12)7-9(13)11(4,5)6;/h1-10,12-13H;7,9-13H,1-6H3;7,12H,1-6H3;/q2*-1;;-3/p+1/b;;8-7-;. The maximum atomic E-state index is 9.60. The van der Waals surface area contributed by atoms with Crippen LogP contribution in [0.25, 0.3) is 65.3 Å². The van der Waals surface area contributed by atoms with E-state index in [-0.39, 0.29) is 53.3 Å². The number of ketones is 1. The van der Waals surface area contributed by atoms with Gasteiger partial charge in [-0.25, -0.2) is 0 Å². The van der Waals surface area contributed by atoms with E-state index in [1.807, 2.05) is 72.1 Å². The Morgan fingerprint density at radius 1 is 0.569 bits per heavy atom. The van der Waals surface area contributed by atoms with Crippen LogP contribution in [0.15, 0.2) is 121 Å². The van der Waals surface area contributed by atoms with Crippen LogP contribution in [0.3, 0.4) is 0 Å². The molecule has 0 radical (unpaired) electrons. The van der Waals surface area contributed by atoms with Crippen molar-refractivity contribution in [1.29, 1.82) is 0 Å². The zero-order valence-corrected chi connectivity index (χ0v) is 38.5. The summed E-state index contributed by atoms with van der Waals surface area (Å²) in [6.07, 6.45) is 5.21. The van der Waals surface area contributed by atoms with Gasteiger partial charge in [0.1, 0.15) is 5.76 Å². The summed E-state index contributed by atoms with van der Waals surface area (Å²) in [5.41, 5.74) is 5.40. The molecule has 0 aliphatic carbocycles. The average molecular weight is 946 g/mol. The van der Waals surface area contributed by atoms with Crippen LogP contribution in [0.1, 0.15) is 94.2 Å². The van der Waals surface area contributed by atoms with Gasteiger partial charge < -0.3 is 35.2 Å². The Balaban J connectivity index is 0.000000173. The minimum Gasteiger partial charge on any atom is -3.00 e. The Kier molecular flexibility index (Phi) is 12.7. The summed E-state index contributed by atoms with van der Waals surface area (Å²) in [6.45, 7) is 24.7. The van der Waals surface area contributed by atoms with Crippen molar-refractivity contribution in [3.05, 3.63) is 145 Å². The van der Waals surface area contributed by atoms with Crippen LogP contribution >= 0.6 is 0 Å². The quantitative estimate of drug-likeness (QED) is 0.0469. The number of nitrogens with zero attached hydrogens (tertiary/aromatic N) is 2. The van der Waals surface area contributed by atoms with E-state index in [0.29, 0.717) is 0 Å². The average Bonchev–Trinajstić information content (AvgIpc) is 3.17. The molecule has 4 nitrogen and oxygen atoms in total. The molecule has 0 bridgehead atoms. The molecule has 0 aliphatic heterocycles. The second-order valence-electron chi connectivity index (χ2n) is 19.2. The topological polar surface area (TPSA) is 67.4 Å². The predicted molar refractivity (Wildman–Crippen MR) is 244 cm³/mol. The first-order valence-electron chi connectivity index (χ1n) is 19.9. The first-order valence-corrected chi connectivity index (χ1v) is 19.9. The number of aliphatic hydroxyl groups excluding tert-OH is 1. The summed E-state index contributed by atoms with van der Waals surface area (Å²) < 4.78 is 0. The Labute approximate surface area is 358 Å². The molecule has 0 aliphatic rings. The Morgan fingerprint density at radius 3 is 1.72 bits per heavy atom. The van der Waals surface area contributed by atoms with Gasteiger partial charge in [0.15, 0.2) is 0 Å². The van der Waals surface area contributed by atoms with E-state index in [1.165, 1.54) is 60.3 Å². The molecule has 0 saturated carbocycles. The number of fused-ring (bicyclic) bond motifs is 6. The molecule has 5 heteroatoms. The molecule has 2 N–H and O–H groups in total. The molecule has 2 aromatic heterocycles. The molecule has 0 amide bonds. The van der Waals surface area contributed by atoms with Gasteiger partial charge in [-0.15, -0.1) is 59.0 Å². The molecule has 0 atom stereocenters. The third kappa shape index (κ3) is 9.33. The third-order valence-electron chi connectivity index (χ3n) is 10.5. The van der Waals surface area contributed by atoms with Crippen LogP contribution in [-0.2, 0) is 30.9 Å². The van der Waals surface area contributed by atoms with E-state index in [4.69, 9.17) is 0 Å². The van der Waals surface area contributed by atoms with Crippen LogP contribution in [0, 0.1) is 23.0 Å². The van der Waals surface area contributed by atoms with Crippen LogP contribution < -0.4 is 0 Å². The summed E-state index contributed by atoms with van der Waals surface area (Å²) in [5.74, 6) is 0.417. The minimum atomic E-state index is -0.306. The molecule has 58 heavy (non-hydrogen) atoms. The summed E-state index contributed by atoms with van der Waals surface area (Å²) in [4.78, 5) is 18.8. The maximum absolute atomic E-state index is 9.60. The number of hydrogen-bond acceptors (Lipinski definition) is 3. The van der Waals surface area contributed by atoms with Gasteiger partial charge in [-0.05, 0) is 92.8 Å². The molecule has 8 rings (SSSR count). The number of carbonyl (C=O) groups excluding carboxylic acids is 1. The van der Waals surface area contributed by atoms with Crippen molar-refractivity contribution in [2.75, 3.05) is 0 Å². The van der Waals surface area contributed by atoms with Gasteiger partial charge in [0.05, 0.1) is 11.5 Å². The van der Waals surface area contributed by atoms with Gasteiger partial charge in [-0.2, -0.15) is 0 Å². The molecule has 2 heterocycles. The SMILES string of the molecule is CC(C)(C)C(=[OH+])/C=C(\O)C(C)(C)C.CC(C)(C)c1cc[c-]c(-c2cc(C(C)(C)C)ccn2)c1.[Ir-3].[c-]1ccc2c3ccccc3c3cccc4c5cccnc5c1c2c34. The van der Waals surface area contributed by atoms with Crippen molar-refractivity contribution in [3.8, 4) is 11.3 Å². The summed E-state index contributed by atoms with van der Waals surface area (Å²) in [7, 11) is 0. The number of rotatable bonds is 2. The number of benzene rings is 6. The smallest absolute Gasteiger partial charge is 0.325 e. The number of aromatic nitrogens is 2. The Hall–Kier alpha value is -4.96. The zero-order chi connectivity index (χ0) is 41.5. The van der Waals surface area contributed by atoms with E-state index in [1.54, 1.807) is 0 Å². The summed E-state index contributed by atoms with van der Waals surface area (Å²) in [5, 5.41) is 21.0. The number of hydrogen-bond donors (Lipinski definition) is 1. The first-order chi connectivity index (χ1) is 26.7. The largest absolute Gasteiger partial charge is 3.00 e. The molecule has 0 spiro atoms. The van der Waals surface area contributed by atoms with E-state index in [0.717, 1.165) is 22.2 Å². The van der Waals surface area contributed by atoms with Gasteiger partial charge in [-0.3, -0.25) is 4.79 Å². The third-order valence-corrected chi connectivity index (χ3v) is 10.5. The van der Waals surface area contributed by atoms with E-state index < -0.39 is 0 Å². The molecule has 0 saturated heterocycles. The molecule has 304 valence electrons. The molecular formula is C53H57IrN2O2-4. The first kappa shape index (κ1) is 44.1. The van der Waals surface area contributed by atoms with Crippen LogP contribution in [-0.4, -0.2) is 25.7 Å². The van der Waals surface area contributed by atoms with Gasteiger partial charge in [0, 0.05) is 17.8 Å². The number of aliphatic hydroxyl groups is 1. The van der Waals surface area contributed by atoms with E-state index >= 15 is 0 Å². The second kappa shape index (κ2) is 16.7. The second-order valence-corrected chi connectivity index (χ2v) is 19.2. The van der Waals surface area contributed by atoms with Gasteiger partial charge >= 0.3 is 5.78 Å². The van der Waals surface area contributed by atoms with Crippen LogP contribution in [0.4, 0.5) is 0 Å². The monoisotopic (exact) mass is 946 g/mol. The van der Waals surface area contributed by atoms with Crippen LogP contribution in [0.5, 0.6) is 0 Å². The van der Waals surface area contributed by atoms with E-state index in [9.17, 15) is 9.90 Å². The normalized spacial score (nSPS) is 12.6. The molecule has 6 aromatic carbocycles. The Morgan fingerprint density at radius 2 is 1.12 bits per heavy atom. The number of pyridine rings is 2. The Bertz CT molecular complexity index is 2490. The van der Waals surface area contributed by atoms with Crippen LogP contribution in [0.2, 0.25) is 0 Å². The summed E-state index contributed by atoms with van der Waals surface area (Å²) >= 11 is 0. The number of allylic oxidation sites excluding steroid dienone is 2. The fourth-order valence-electron chi connectivity index (χ4n) is 6.90. The zero-order valence-electron chi connectivity index (χ0n) is 36.1. The van der Waals surface area contributed by atoms with Crippen molar-refractivity contribution in [1.82, 2.24) is 9.97 Å². The molecule has 8 aromatic rings. The van der Waals surface area contributed by atoms with Crippen molar-refractivity contribution < 1.29 is 30.0 Å². The molecular weight excluding hydrogens is 889 g/mol. The fraction of sp³-hybridized carbons (Fsp3) is 0.302. The van der Waals surface area contributed by atoms with E-state index in [2.05, 4.69) is 143 Å². The van der Waals surface area contributed by atoms with Crippen molar-refractivity contribution in [2.45, 2.75) is 93.9 Å². The van der Waals surface area contributed by atoms with Crippen molar-refractivity contribution >= 4 is 59.8 Å². The van der Waals surface area contributed by atoms with Gasteiger partial charge in [0.25, 0.3) is 0 Å². The summed E-state index contributed by atoms with van der Waals surface area (Å²) in [6, 6.07) is 41.1. The maximum Gasteiger partial charge on any atom is 0.325 e. The van der Waals surface area contributed by atoms with Gasteiger partial charge in [-0.1, -0.05) is 128 Å². The van der Waals surface area contributed by atoms with Gasteiger partial charge in [0.2, 0.25) is 0 Å². The van der Waals surface area contributed by atoms with Crippen molar-refractivity contribution in [2.24, 2.45) is 10.8 Å².